The summed E-state index contributed by atoms with van der Waals surface area (Å²) < 4.78 is 4.95. The molecule has 70 valence electrons. The quantitative estimate of drug-likeness (QED) is 0.429. The molecule has 1 atom stereocenters. The van der Waals surface area contributed by atoms with Crippen molar-refractivity contribution in [3.8, 4) is 5.75 Å². The zero-order chi connectivity index (χ0) is 9.68. The summed E-state index contributed by atoms with van der Waals surface area (Å²) in [5.41, 5.74) is 5.41. The van der Waals surface area contributed by atoms with Gasteiger partial charge in [-0.15, -0.1) is 0 Å². The van der Waals surface area contributed by atoms with E-state index in [1.54, 1.807) is 24.3 Å². The molecule has 0 spiro atoms. The summed E-state index contributed by atoms with van der Waals surface area (Å²) in [7, 11) is 0. The molecule has 1 aromatic carbocycles. The Morgan fingerprint density at radius 2 is 2.08 bits per heavy atom. The predicted molar refractivity (Wildman–Crippen MR) is 53.9 cm³/mol. The second-order valence-electron chi connectivity index (χ2n) is 2.52. The topological polar surface area (TPSA) is 52.3 Å². The van der Waals surface area contributed by atoms with Crippen LogP contribution in [-0.4, -0.2) is 17.8 Å². The molecule has 0 radical (unpaired) electrons. The Morgan fingerprint density at radius 3 is 2.62 bits per heavy atom. The maximum atomic E-state index is 11.1. The highest BCUT2D eigenvalue weighted by Crippen LogP contribution is 2.08. The number of benzene rings is 1. The van der Waals surface area contributed by atoms with Crippen molar-refractivity contribution in [1.29, 1.82) is 0 Å². The van der Waals surface area contributed by atoms with E-state index in [1.807, 2.05) is 6.07 Å². The molecule has 0 aliphatic rings. The third kappa shape index (κ3) is 3.08. The Kier molecular flexibility index (Phi) is 3.79. The van der Waals surface area contributed by atoms with E-state index in [-0.39, 0.29) is 5.75 Å². The molecule has 0 saturated carbocycles. The maximum absolute atomic E-state index is 11.1. The minimum Gasteiger partial charge on any atom is -0.425 e. The fourth-order valence-electron chi connectivity index (χ4n) is 0.755. The van der Waals surface area contributed by atoms with Crippen LogP contribution < -0.4 is 10.5 Å². The van der Waals surface area contributed by atoms with Crippen LogP contribution in [0.1, 0.15) is 0 Å². The molecule has 13 heavy (non-hydrogen) atoms. The van der Waals surface area contributed by atoms with Crippen LogP contribution in [-0.2, 0) is 4.79 Å². The highest BCUT2D eigenvalue weighted by atomic mass is 32.1. The summed E-state index contributed by atoms with van der Waals surface area (Å²) in [4.78, 5) is 11.1. The SMILES string of the molecule is NC(CS)C(=O)Oc1ccccc1. The predicted octanol–water partition coefficient (Wildman–Crippen LogP) is 0.849. The van der Waals surface area contributed by atoms with E-state index >= 15 is 0 Å². The Hall–Kier alpha value is -1.00. The Labute approximate surface area is 82.3 Å². The number of esters is 1. The number of hydrogen-bond donors (Lipinski definition) is 2. The third-order valence-electron chi connectivity index (χ3n) is 1.46. The van der Waals surface area contributed by atoms with E-state index in [4.69, 9.17) is 10.5 Å². The minimum absolute atomic E-state index is 0.283. The van der Waals surface area contributed by atoms with Crippen molar-refractivity contribution in [3.05, 3.63) is 30.3 Å². The van der Waals surface area contributed by atoms with Crippen molar-refractivity contribution in [3.63, 3.8) is 0 Å². The number of carbonyl (C=O) groups excluding carboxylic acids is 1. The second-order valence-corrected chi connectivity index (χ2v) is 2.89. The third-order valence-corrected chi connectivity index (χ3v) is 1.85. The Bertz CT molecular complexity index is 276. The number of nitrogens with two attached hydrogens (primary N) is 1. The molecular formula is C9H11NO2S. The summed E-state index contributed by atoms with van der Waals surface area (Å²) >= 11 is 3.90. The van der Waals surface area contributed by atoms with Gasteiger partial charge < -0.3 is 10.5 Å². The molecule has 0 fully saturated rings. The molecule has 1 aromatic rings. The lowest BCUT2D eigenvalue weighted by Crippen LogP contribution is -2.35. The van der Waals surface area contributed by atoms with Gasteiger partial charge in [-0.05, 0) is 12.1 Å². The largest absolute Gasteiger partial charge is 0.425 e. The van der Waals surface area contributed by atoms with Crippen molar-refractivity contribution < 1.29 is 9.53 Å². The fourth-order valence-corrected chi connectivity index (χ4v) is 0.904. The highest BCUT2D eigenvalue weighted by Gasteiger charge is 2.13. The van der Waals surface area contributed by atoms with Crippen molar-refractivity contribution in [2.45, 2.75) is 6.04 Å². The molecular weight excluding hydrogens is 186 g/mol. The normalized spacial score (nSPS) is 12.2. The van der Waals surface area contributed by atoms with Crippen molar-refractivity contribution in [2.75, 3.05) is 5.75 Å². The lowest BCUT2D eigenvalue weighted by atomic mass is 10.3. The number of rotatable bonds is 3. The average Bonchev–Trinajstić information content (AvgIpc) is 2.18. The second kappa shape index (κ2) is 4.89. The van der Waals surface area contributed by atoms with Gasteiger partial charge in [-0.25, -0.2) is 4.79 Å². The summed E-state index contributed by atoms with van der Waals surface area (Å²) in [6.07, 6.45) is 0. The molecule has 3 nitrogen and oxygen atoms in total. The monoisotopic (exact) mass is 197 g/mol. The van der Waals surface area contributed by atoms with Gasteiger partial charge in [-0.1, -0.05) is 18.2 Å². The van der Waals surface area contributed by atoms with Crippen molar-refractivity contribution >= 4 is 18.6 Å². The standard InChI is InChI=1S/C9H11NO2S/c10-8(6-13)9(11)12-7-4-2-1-3-5-7/h1-5,8,13H,6,10H2. The molecule has 0 amide bonds. The number of hydrogen-bond acceptors (Lipinski definition) is 4. The molecule has 0 heterocycles. The Balaban J connectivity index is 2.55. The van der Waals surface area contributed by atoms with Gasteiger partial charge in [0.15, 0.2) is 0 Å². The zero-order valence-electron chi connectivity index (χ0n) is 7.01. The lowest BCUT2D eigenvalue weighted by molar-refractivity contribution is -0.135. The lowest BCUT2D eigenvalue weighted by Gasteiger charge is -2.07. The minimum atomic E-state index is -0.663. The van der Waals surface area contributed by atoms with E-state index in [1.165, 1.54) is 0 Å². The van der Waals surface area contributed by atoms with Gasteiger partial charge in [-0.2, -0.15) is 12.6 Å². The molecule has 1 unspecified atom stereocenters. The van der Waals surface area contributed by atoms with E-state index in [0.717, 1.165) is 0 Å². The first-order valence-electron chi connectivity index (χ1n) is 3.87. The van der Waals surface area contributed by atoms with E-state index < -0.39 is 12.0 Å². The molecule has 0 aromatic heterocycles. The smallest absolute Gasteiger partial charge is 0.329 e. The van der Waals surface area contributed by atoms with Crippen LogP contribution in [0.5, 0.6) is 5.75 Å². The van der Waals surface area contributed by atoms with Gasteiger partial charge in [-0.3, -0.25) is 0 Å². The van der Waals surface area contributed by atoms with Gasteiger partial charge in [0.1, 0.15) is 11.8 Å². The summed E-state index contributed by atoms with van der Waals surface area (Å²) in [6, 6.07) is 8.15. The molecule has 2 N–H and O–H groups in total. The van der Waals surface area contributed by atoms with Gasteiger partial charge in [0, 0.05) is 5.75 Å². The maximum Gasteiger partial charge on any atom is 0.329 e. The van der Waals surface area contributed by atoms with Gasteiger partial charge in [0.05, 0.1) is 0 Å². The first kappa shape index (κ1) is 10.1. The summed E-state index contributed by atoms with van der Waals surface area (Å²) in [6.45, 7) is 0. The van der Waals surface area contributed by atoms with Crippen LogP contribution in [0.25, 0.3) is 0 Å². The Morgan fingerprint density at radius 1 is 1.46 bits per heavy atom. The van der Waals surface area contributed by atoms with Crippen LogP contribution in [0.4, 0.5) is 0 Å². The van der Waals surface area contributed by atoms with Crippen LogP contribution in [0.2, 0.25) is 0 Å². The van der Waals surface area contributed by atoms with Crippen molar-refractivity contribution in [1.82, 2.24) is 0 Å². The van der Waals surface area contributed by atoms with Crippen LogP contribution >= 0.6 is 12.6 Å². The van der Waals surface area contributed by atoms with Crippen molar-refractivity contribution in [2.24, 2.45) is 5.73 Å². The molecule has 0 saturated heterocycles. The number of para-hydroxylation sites is 1. The highest BCUT2D eigenvalue weighted by molar-refractivity contribution is 7.80. The van der Waals surface area contributed by atoms with E-state index in [0.29, 0.717) is 5.75 Å². The number of thiol groups is 1. The molecule has 0 aliphatic heterocycles. The van der Waals surface area contributed by atoms with Crippen LogP contribution in [0.3, 0.4) is 0 Å². The van der Waals surface area contributed by atoms with Crippen LogP contribution in [0.15, 0.2) is 30.3 Å². The van der Waals surface area contributed by atoms with E-state index in [9.17, 15) is 4.79 Å². The first-order valence-corrected chi connectivity index (χ1v) is 4.50. The summed E-state index contributed by atoms with van der Waals surface area (Å²) in [5, 5.41) is 0. The molecule has 4 heteroatoms. The van der Waals surface area contributed by atoms with Gasteiger partial charge in [0.2, 0.25) is 0 Å². The van der Waals surface area contributed by atoms with Crippen LogP contribution in [0, 0.1) is 0 Å². The van der Waals surface area contributed by atoms with E-state index in [2.05, 4.69) is 12.6 Å². The molecule has 1 rings (SSSR count). The van der Waals surface area contributed by atoms with Gasteiger partial charge in [0.25, 0.3) is 0 Å². The zero-order valence-corrected chi connectivity index (χ0v) is 7.91. The van der Waals surface area contributed by atoms with Gasteiger partial charge >= 0.3 is 5.97 Å². The molecule has 0 bridgehead atoms. The first-order chi connectivity index (χ1) is 6.24. The number of carbonyl (C=O) groups is 1. The molecule has 0 aliphatic carbocycles. The fraction of sp³-hybridized carbons (Fsp3) is 0.222. The summed E-state index contributed by atoms with van der Waals surface area (Å²) in [5.74, 6) is 0.331. The average molecular weight is 197 g/mol. The number of ether oxygens (including phenoxy) is 1.